The van der Waals surface area contributed by atoms with Crippen LogP contribution in [0.5, 0.6) is 0 Å². The van der Waals surface area contributed by atoms with Crippen molar-refractivity contribution in [2.45, 2.75) is 23.9 Å². The summed E-state index contributed by atoms with van der Waals surface area (Å²) in [6.07, 6.45) is 7.40. The van der Waals surface area contributed by atoms with Gasteiger partial charge in [-0.1, -0.05) is 42.5 Å². The second-order valence-corrected chi connectivity index (χ2v) is 8.71. The van der Waals surface area contributed by atoms with Crippen molar-refractivity contribution in [2.75, 3.05) is 6.26 Å². The highest BCUT2D eigenvalue weighted by Crippen LogP contribution is 2.27. The van der Waals surface area contributed by atoms with E-state index in [0.29, 0.717) is 22.3 Å². The summed E-state index contributed by atoms with van der Waals surface area (Å²) in [4.78, 5) is 21.4. The van der Waals surface area contributed by atoms with Gasteiger partial charge in [0.1, 0.15) is 0 Å². The monoisotopic (exact) mass is 416 g/mol. The number of rotatable bonds is 5. The van der Waals surface area contributed by atoms with Crippen molar-refractivity contribution in [3.05, 3.63) is 72.6 Å². The van der Waals surface area contributed by atoms with Crippen LogP contribution in [0, 0.1) is 0 Å². The van der Waals surface area contributed by atoms with Crippen LogP contribution < -0.4 is 5.32 Å². The second-order valence-electron chi connectivity index (χ2n) is 7.41. The van der Waals surface area contributed by atoms with E-state index < -0.39 is 10.8 Å². The van der Waals surface area contributed by atoms with E-state index >= 15 is 0 Å². The summed E-state index contributed by atoms with van der Waals surface area (Å²) >= 11 is 0. The fourth-order valence-electron chi connectivity index (χ4n) is 3.40. The highest BCUT2D eigenvalue weighted by molar-refractivity contribution is 7.84. The predicted molar refractivity (Wildman–Crippen MR) is 117 cm³/mol. The molecule has 1 fully saturated rings. The summed E-state index contributed by atoms with van der Waals surface area (Å²) in [6.45, 7) is 0. The average Bonchev–Trinajstić information content (AvgIpc) is 3.49. The van der Waals surface area contributed by atoms with Crippen LogP contribution in [0.25, 0.3) is 28.2 Å². The lowest BCUT2D eigenvalue weighted by Crippen LogP contribution is -2.25. The van der Waals surface area contributed by atoms with Crippen LogP contribution in [0.1, 0.15) is 23.2 Å². The van der Waals surface area contributed by atoms with Crippen LogP contribution in [0.15, 0.2) is 72.0 Å². The highest BCUT2D eigenvalue weighted by atomic mass is 32.2. The molecule has 1 N–H and O–H groups in total. The first-order valence-corrected chi connectivity index (χ1v) is 11.3. The Balaban J connectivity index is 1.58. The number of fused-ring (bicyclic) bond motifs is 1. The maximum atomic E-state index is 12.4. The van der Waals surface area contributed by atoms with Gasteiger partial charge in [0.2, 0.25) is 0 Å². The van der Waals surface area contributed by atoms with Crippen LogP contribution in [0.3, 0.4) is 0 Å². The number of aromatic nitrogens is 3. The first-order chi connectivity index (χ1) is 14.6. The Morgan fingerprint density at radius 2 is 1.80 bits per heavy atom. The Labute approximate surface area is 176 Å². The molecule has 2 heterocycles. The van der Waals surface area contributed by atoms with Gasteiger partial charge in [0.15, 0.2) is 10.7 Å². The van der Waals surface area contributed by atoms with Gasteiger partial charge in [-0.15, -0.1) is 0 Å². The van der Waals surface area contributed by atoms with Crippen molar-refractivity contribution < 1.29 is 9.00 Å². The van der Waals surface area contributed by atoms with E-state index in [-0.39, 0.29) is 5.91 Å². The lowest BCUT2D eigenvalue weighted by molar-refractivity contribution is 0.0951. The van der Waals surface area contributed by atoms with Gasteiger partial charge in [0.25, 0.3) is 5.91 Å². The zero-order valence-corrected chi connectivity index (χ0v) is 17.2. The zero-order chi connectivity index (χ0) is 20.7. The molecule has 0 radical (unpaired) electrons. The van der Waals surface area contributed by atoms with Crippen LogP contribution in [-0.4, -0.2) is 36.8 Å². The molecule has 0 aliphatic heterocycles. The van der Waals surface area contributed by atoms with E-state index in [0.717, 1.165) is 35.4 Å². The molecule has 6 nitrogen and oxygen atoms in total. The van der Waals surface area contributed by atoms with E-state index in [1.165, 1.54) is 0 Å². The molecule has 2 aromatic carbocycles. The molecule has 4 aromatic rings. The fourth-order valence-corrected chi connectivity index (χ4v) is 4.04. The second kappa shape index (κ2) is 7.50. The average molecular weight is 417 g/mol. The Bertz CT molecular complexity index is 1260. The van der Waals surface area contributed by atoms with Gasteiger partial charge >= 0.3 is 0 Å². The van der Waals surface area contributed by atoms with Gasteiger partial charge in [0.05, 0.1) is 28.4 Å². The molecule has 0 bridgehead atoms. The summed E-state index contributed by atoms with van der Waals surface area (Å²) in [5, 5.41) is 3.45. The molecule has 150 valence electrons. The third-order valence-electron chi connectivity index (χ3n) is 5.16. The van der Waals surface area contributed by atoms with Gasteiger partial charge in [0, 0.05) is 35.2 Å². The van der Waals surface area contributed by atoms with Gasteiger partial charge in [-0.3, -0.25) is 13.4 Å². The van der Waals surface area contributed by atoms with Gasteiger partial charge < -0.3 is 5.32 Å². The van der Waals surface area contributed by atoms with Crippen LogP contribution in [0.4, 0.5) is 0 Å². The summed E-state index contributed by atoms with van der Waals surface area (Å²) in [5.74, 6) is -0.0403. The molecule has 1 aliphatic rings. The number of imidazole rings is 1. The first kappa shape index (κ1) is 18.7. The number of nitrogens with one attached hydrogen (secondary N) is 1. The van der Waals surface area contributed by atoms with Crippen molar-refractivity contribution in [2.24, 2.45) is 0 Å². The van der Waals surface area contributed by atoms with Crippen molar-refractivity contribution in [1.29, 1.82) is 0 Å². The number of hydrogen-bond acceptors (Lipinski definition) is 4. The molecule has 0 saturated heterocycles. The number of benzene rings is 2. The molecule has 1 aliphatic carbocycles. The number of amides is 1. The molecule has 2 aromatic heterocycles. The molecular formula is C23H20N4O2S. The molecule has 5 rings (SSSR count). The van der Waals surface area contributed by atoms with Crippen molar-refractivity contribution in [1.82, 2.24) is 19.7 Å². The summed E-state index contributed by atoms with van der Waals surface area (Å²) < 4.78 is 14.3. The molecule has 30 heavy (non-hydrogen) atoms. The van der Waals surface area contributed by atoms with Crippen molar-refractivity contribution in [3.63, 3.8) is 0 Å². The smallest absolute Gasteiger partial charge is 0.251 e. The normalized spacial score (nSPS) is 14.6. The quantitative estimate of drug-likeness (QED) is 0.538. The number of carbonyl (C=O) groups is 1. The van der Waals surface area contributed by atoms with Crippen LogP contribution in [-0.2, 0) is 10.8 Å². The predicted octanol–water partition coefficient (Wildman–Crippen LogP) is 3.69. The number of carbonyl (C=O) groups excluding carboxylic acids is 1. The topological polar surface area (TPSA) is 76.4 Å². The third kappa shape index (κ3) is 3.52. The molecule has 0 spiro atoms. The van der Waals surface area contributed by atoms with Crippen molar-refractivity contribution in [3.8, 4) is 22.5 Å². The zero-order valence-electron chi connectivity index (χ0n) is 16.4. The molecule has 1 saturated carbocycles. The largest absolute Gasteiger partial charge is 0.349 e. The minimum atomic E-state index is -1.29. The lowest BCUT2D eigenvalue weighted by Gasteiger charge is -2.09. The van der Waals surface area contributed by atoms with E-state index in [1.807, 2.05) is 65.2 Å². The van der Waals surface area contributed by atoms with E-state index in [4.69, 9.17) is 0 Å². The minimum absolute atomic E-state index is 0.0403. The van der Waals surface area contributed by atoms with Gasteiger partial charge in [-0.2, -0.15) is 0 Å². The van der Waals surface area contributed by atoms with Gasteiger partial charge in [-0.05, 0) is 25.0 Å². The Hall–Kier alpha value is -3.32. The first-order valence-electron chi connectivity index (χ1n) is 9.78. The molecule has 1 atom stereocenters. The van der Waals surface area contributed by atoms with Crippen LogP contribution >= 0.6 is 0 Å². The Morgan fingerprint density at radius 3 is 2.47 bits per heavy atom. The minimum Gasteiger partial charge on any atom is -0.349 e. The molecule has 0 unspecified atom stereocenters. The molecule has 1 amide bonds. The maximum Gasteiger partial charge on any atom is 0.251 e. The van der Waals surface area contributed by atoms with E-state index in [1.54, 1.807) is 12.5 Å². The lowest BCUT2D eigenvalue weighted by atomic mass is 10.1. The summed E-state index contributed by atoms with van der Waals surface area (Å²) in [5.41, 5.74) is 4.65. The highest BCUT2D eigenvalue weighted by Gasteiger charge is 2.23. The standard InChI is InChI=1S/C23H20N4O2S/c1-30(29)23-21-24-13-20(27(21)14-19(26-23)15-5-3-2-4-6-15)16-7-9-17(10-8-16)22(28)25-18-11-12-18/h2-10,13-14,18H,11-12H2,1H3,(H,25,28)/t30-/m1/s1. The fraction of sp³-hybridized carbons (Fsp3) is 0.174. The van der Waals surface area contributed by atoms with Crippen molar-refractivity contribution >= 4 is 22.4 Å². The summed E-state index contributed by atoms with van der Waals surface area (Å²) in [6, 6.07) is 17.6. The van der Waals surface area contributed by atoms with Gasteiger partial charge in [-0.25, -0.2) is 9.97 Å². The van der Waals surface area contributed by atoms with E-state index in [9.17, 15) is 9.00 Å². The molecule has 7 heteroatoms. The number of hydrogen-bond donors (Lipinski definition) is 1. The SMILES string of the molecule is C[S@@](=O)c1nc(-c2ccccc2)cn2c(-c3ccc(C(=O)NC4CC4)cc3)cnc12. The third-order valence-corrected chi connectivity index (χ3v) is 5.98. The summed E-state index contributed by atoms with van der Waals surface area (Å²) in [7, 11) is -1.29. The van der Waals surface area contributed by atoms with Crippen LogP contribution in [0.2, 0.25) is 0 Å². The molecular weight excluding hydrogens is 396 g/mol. The Kier molecular flexibility index (Phi) is 4.67. The number of nitrogens with zero attached hydrogens (tertiary/aromatic N) is 3. The Morgan fingerprint density at radius 1 is 1.07 bits per heavy atom. The van der Waals surface area contributed by atoms with E-state index in [2.05, 4.69) is 15.3 Å². The maximum absolute atomic E-state index is 12.4.